The molecule has 1 aliphatic rings. The fourth-order valence-electron chi connectivity index (χ4n) is 3.95. The maximum atomic E-state index is 4.92. The van der Waals surface area contributed by atoms with Crippen LogP contribution >= 0.6 is 11.3 Å². The highest BCUT2D eigenvalue weighted by Gasteiger charge is 2.17. The number of thiazole rings is 1. The van der Waals surface area contributed by atoms with E-state index < -0.39 is 0 Å². The van der Waals surface area contributed by atoms with Crippen molar-refractivity contribution < 1.29 is 0 Å². The third-order valence-electron chi connectivity index (χ3n) is 5.24. The molecule has 1 N–H and O–H groups in total. The molecule has 0 radical (unpaired) electrons. The Kier molecular flexibility index (Phi) is 3.44. The van der Waals surface area contributed by atoms with Crippen LogP contribution < -0.4 is 5.32 Å². The van der Waals surface area contributed by atoms with E-state index in [1.807, 2.05) is 0 Å². The van der Waals surface area contributed by atoms with E-state index in [4.69, 9.17) is 4.98 Å². The summed E-state index contributed by atoms with van der Waals surface area (Å²) in [5.41, 5.74) is 10.1. The Labute approximate surface area is 157 Å². The fourth-order valence-corrected chi connectivity index (χ4v) is 4.92. The van der Waals surface area contributed by atoms with Crippen molar-refractivity contribution in [3.63, 3.8) is 0 Å². The lowest BCUT2D eigenvalue weighted by atomic mass is 10.0. The number of anilines is 1. The molecule has 3 nitrogen and oxygen atoms in total. The second kappa shape index (κ2) is 5.71. The van der Waals surface area contributed by atoms with Crippen LogP contribution in [0, 0.1) is 20.8 Å². The molecule has 26 heavy (non-hydrogen) atoms. The monoisotopic (exact) mass is 359 g/mol. The molecule has 1 aliphatic heterocycles. The maximum Gasteiger partial charge on any atom is 0.194 e. The molecule has 0 bridgehead atoms. The van der Waals surface area contributed by atoms with Gasteiger partial charge in [0, 0.05) is 34.4 Å². The lowest BCUT2D eigenvalue weighted by Gasteiger charge is -2.07. The van der Waals surface area contributed by atoms with Crippen LogP contribution in [0.1, 0.15) is 21.6 Å². The van der Waals surface area contributed by atoms with Crippen molar-refractivity contribution in [1.29, 1.82) is 0 Å². The molecule has 0 fully saturated rings. The molecule has 0 amide bonds. The van der Waals surface area contributed by atoms with Crippen LogP contribution in [0.15, 0.2) is 42.6 Å². The van der Waals surface area contributed by atoms with Gasteiger partial charge in [-0.2, -0.15) is 0 Å². The molecular weight excluding hydrogens is 338 g/mol. The van der Waals surface area contributed by atoms with E-state index in [0.29, 0.717) is 0 Å². The van der Waals surface area contributed by atoms with Gasteiger partial charge in [0.15, 0.2) is 4.96 Å². The molecule has 5 rings (SSSR count). The number of hydrogen-bond acceptors (Lipinski definition) is 3. The van der Waals surface area contributed by atoms with Crippen molar-refractivity contribution in [1.82, 2.24) is 9.38 Å². The Hall–Kier alpha value is -2.59. The van der Waals surface area contributed by atoms with Crippen LogP contribution in [0.25, 0.3) is 27.5 Å². The zero-order chi connectivity index (χ0) is 17.8. The van der Waals surface area contributed by atoms with Crippen molar-refractivity contribution in [2.75, 3.05) is 11.9 Å². The molecule has 2 aromatic heterocycles. The van der Waals surface area contributed by atoms with Gasteiger partial charge in [0.1, 0.15) is 0 Å². The first-order chi connectivity index (χ1) is 12.6. The number of rotatable bonds is 2. The number of nitrogens with zero attached hydrogens (tertiary/aromatic N) is 2. The number of benzene rings is 2. The molecule has 0 saturated heterocycles. The van der Waals surface area contributed by atoms with Gasteiger partial charge in [0.05, 0.1) is 11.4 Å². The maximum absolute atomic E-state index is 4.92. The lowest BCUT2D eigenvalue weighted by molar-refractivity contribution is 1.11. The van der Waals surface area contributed by atoms with Crippen molar-refractivity contribution in [2.45, 2.75) is 27.2 Å². The Morgan fingerprint density at radius 3 is 2.81 bits per heavy atom. The van der Waals surface area contributed by atoms with E-state index in [9.17, 15) is 0 Å². The van der Waals surface area contributed by atoms with Gasteiger partial charge in [-0.3, -0.25) is 4.40 Å². The van der Waals surface area contributed by atoms with Gasteiger partial charge in [0.25, 0.3) is 0 Å². The first-order valence-electron chi connectivity index (χ1n) is 9.03. The van der Waals surface area contributed by atoms with Crippen molar-refractivity contribution >= 4 is 22.0 Å². The molecule has 3 heterocycles. The average molecular weight is 359 g/mol. The molecule has 0 spiro atoms. The van der Waals surface area contributed by atoms with Gasteiger partial charge in [-0.05, 0) is 50.5 Å². The summed E-state index contributed by atoms with van der Waals surface area (Å²) in [4.78, 5) is 7.29. The summed E-state index contributed by atoms with van der Waals surface area (Å²) in [5.74, 6) is 0. The Morgan fingerprint density at radius 1 is 1.08 bits per heavy atom. The molecule has 4 heteroatoms. The third kappa shape index (κ3) is 2.36. The summed E-state index contributed by atoms with van der Waals surface area (Å²) in [6.07, 6.45) is 3.29. The van der Waals surface area contributed by atoms with Crippen molar-refractivity contribution in [3.05, 3.63) is 64.2 Å². The van der Waals surface area contributed by atoms with E-state index in [0.717, 1.165) is 23.6 Å². The topological polar surface area (TPSA) is 29.3 Å². The van der Waals surface area contributed by atoms with Gasteiger partial charge in [-0.25, -0.2) is 4.98 Å². The van der Waals surface area contributed by atoms with Crippen LogP contribution in [-0.4, -0.2) is 15.9 Å². The van der Waals surface area contributed by atoms with Crippen LogP contribution in [0.2, 0.25) is 0 Å². The van der Waals surface area contributed by atoms with E-state index in [1.165, 1.54) is 44.1 Å². The smallest absolute Gasteiger partial charge is 0.194 e. The largest absolute Gasteiger partial charge is 0.384 e. The lowest BCUT2D eigenvalue weighted by Crippen LogP contribution is -1.90. The summed E-state index contributed by atoms with van der Waals surface area (Å²) in [5, 5.41) is 3.43. The van der Waals surface area contributed by atoms with Crippen LogP contribution in [0.3, 0.4) is 0 Å². The first kappa shape index (κ1) is 15.6. The predicted octanol–water partition coefficient (Wildman–Crippen LogP) is 5.62. The molecule has 0 aliphatic carbocycles. The highest BCUT2D eigenvalue weighted by atomic mass is 32.1. The average Bonchev–Trinajstić information content (AvgIpc) is 3.29. The van der Waals surface area contributed by atoms with Crippen LogP contribution in [0.5, 0.6) is 0 Å². The van der Waals surface area contributed by atoms with Gasteiger partial charge in [-0.15, -0.1) is 11.3 Å². The van der Waals surface area contributed by atoms with Gasteiger partial charge in [0.2, 0.25) is 0 Å². The number of fused-ring (bicyclic) bond motifs is 2. The summed E-state index contributed by atoms with van der Waals surface area (Å²) in [7, 11) is 0. The third-order valence-corrected chi connectivity index (χ3v) is 6.21. The number of imidazole rings is 1. The molecule has 0 unspecified atom stereocenters. The van der Waals surface area contributed by atoms with Gasteiger partial charge < -0.3 is 5.32 Å². The van der Waals surface area contributed by atoms with Crippen LogP contribution in [0.4, 0.5) is 5.69 Å². The van der Waals surface area contributed by atoms with E-state index in [-0.39, 0.29) is 0 Å². The quantitative estimate of drug-likeness (QED) is 0.503. The molecule has 130 valence electrons. The minimum atomic E-state index is 1.03. The highest BCUT2D eigenvalue weighted by Crippen LogP contribution is 2.36. The Bertz CT molecular complexity index is 1150. The van der Waals surface area contributed by atoms with Gasteiger partial charge in [-0.1, -0.05) is 29.8 Å². The number of nitrogens with one attached hydrogen (secondary N) is 1. The summed E-state index contributed by atoms with van der Waals surface area (Å²) in [6.45, 7) is 7.56. The second-order valence-electron chi connectivity index (χ2n) is 7.15. The second-order valence-corrected chi connectivity index (χ2v) is 8.33. The zero-order valence-corrected chi connectivity index (χ0v) is 16.1. The fraction of sp³-hybridized carbons (Fsp3) is 0.227. The number of aryl methyl sites for hydroxylation is 3. The van der Waals surface area contributed by atoms with E-state index in [1.54, 1.807) is 11.3 Å². The van der Waals surface area contributed by atoms with Crippen molar-refractivity contribution in [3.8, 4) is 22.5 Å². The molecule has 4 aromatic rings. The normalized spacial score (nSPS) is 13.2. The molecule has 0 atom stereocenters. The Morgan fingerprint density at radius 2 is 1.96 bits per heavy atom. The minimum absolute atomic E-state index is 1.03. The van der Waals surface area contributed by atoms with Crippen LogP contribution in [-0.2, 0) is 6.42 Å². The standard InChI is InChI=1S/C22H21N3S/c1-13-4-6-18(14(2)10-13)21-15(3)26-22-24-20(12-25(21)22)16-5-7-19-17(11-16)8-9-23-19/h4-7,10-12,23H,8-9H2,1-3H3. The molecule has 0 saturated carbocycles. The van der Waals surface area contributed by atoms with E-state index in [2.05, 4.69) is 73.1 Å². The summed E-state index contributed by atoms with van der Waals surface area (Å²) in [6, 6.07) is 13.3. The number of hydrogen-bond donors (Lipinski definition) is 1. The van der Waals surface area contributed by atoms with Gasteiger partial charge >= 0.3 is 0 Å². The van der Waals surface area contributed by atoms with Crippen molar-refractivity contribution in [2.24, 2.45) is 0 Å². The minimum Gasteiger partial charge on any atom is -0.384 e. The summed E-state index contributed by atoms with van der Waals surface area (Å²) < 4.78 is 2.26. The number of aromatic nitrogens is 2. The van der Waals surface area contributed by atoms with E-state index >= 15 is 0 Å². The molecular formula is C22H21N3S. The summed E-state index contributed by atoms with van der Waals surface area (Å²) >= 11 is 1.77. The predicted molar refractivity (Wildman–Crippen MR) is 110 cm³/mol. The zero-order valence-electron chi connectivity index (χ0n) is 15.3. The molecule has 2 aromatic carbocycles. The first-order valence-corrected chi connectivity index (χ1v) is 9.85. The SMILES string of the molecule is Cc1ccc(-c2c(C)sc3nc(-c4ccc5c(c4)CCN5)cn23)c(C)c1. The highest BCUT2D eigenvalue weighted by molar-refractivity contribution is 7.17. The Balaban J connectivity index is 1.66.